The molecule has 2 aromatic heterocycles. The molecule has 0 spiro atoms. The third-order valence-corrected chi connectivity index (χ3v) is 3.78. The maximum Gasteiger partial charge on any atom is 0.140 e. The summed E-state index contributed by atoms with van der Waals surface area (Å²) in [5.74, 6) is 1.71. The van der Waals surface area contributed by atoms with Crippen molar-refractivity contribution in [1.29, 1.82) is 0 Å². The lowest BCUT2D eigenvalue weighted by molar-refractivity contribution is 0.415. The fraction of sp³-hybridized carbons (Fsp3) is 0.118. The van der Waals surface area contributed by atoms with Crippen LogP contribution >= 0.6 is 0 Å². The fourth-order valence-corrected chi connectivity index (χ4v) is 2.67. The van der Waals surface area contributed by atoms with Gasteiger partial charge in [-0.05, 0) is 42.8 Å². The van der Waals surface area contributed by atoms with Crippen molar-refractivity contribution in [3.05, 3.63) is 48.2 Å². The standard InChI is InChI=1S/C17H15N3O/c1-10-3-5-15-16(7-10)20-17(19-15)13-9-18-14-6-4-11(21-2)8-12(13)14/h3-9,18H,1-2H3,(H,19,20). The number of aryl methyl sites for hydroxylation is 1. The van der Waals surface area contributed by atoms with E-state index in [1.165, 1.54) is 5.56 Å². The van der Waals surface area contributed by atoms with Crippen LogP contribution in [0.2, 0.25) is 0 Å². The van der Waals surface area contributed by atoms with E-state index in [1.807, 2.05) is 30.5 Å². The summed E-state index contributed by atoms with van der Waals surface area (Å²) < 4.78 is 5.31. The predicted molar refractivity (Wildman–Crippen MR) is 84.7 cm³/mol. The van der Waals surface area contributed by atoms with Crippen molar-refractivity contribution in [1.82, 2.24) is 15.0 Å². The Hall–Kier alpha value is -2.75. The van der Waals surface area contributed by atoms with Gasteiger partial charge in [0.25, 0.3) is 0 Å². The van der Waals surface area contributed by atoms with E-state index in [9.17, 15) is 0 Å². The van der Waals surface area contributed by atoms with E-state index in [-0.39, 0.29) is 0 Å². The number of hydrogen-bond acceptors (Lipinski definition) is 2. The Morgan fingerprint density at radius 2 is 1.95 bits per heavy atom. The van der Waals surface area contributed by atoms with Crippen molar-refractivity contribution >= 4 is 21.9 Å². The average Bonchev–Trinajstić information content (AvgIpc) is 3.08. The molecule has 4 aromatic rings. The number of fused-ring (bicyclic) bond motifs is 2. The van der Waals surface area contributed by atoms with Gasteiger partial charge >= 0.3 is 0 Å². The van der Waals surface area contributed by atoms with Gasteiger partial charge in [0.05, 0.1) is 18.1 Å². The summed E-state index contributed by atoms with van der Waals surface area (Å²) >= 11 is 0. The van der Waals surface area contributed by atoms with Crippen molar-refractivity contribution in [2.24, 2.45) is 0 Å². The first-order chi connectivity index (χ1) is 10.2. The third-order valence-electron chi connectivity index (χ3n) is 3.78. The minimum Gasteiger partial charge on any atom is -0.497 e. The van der Waals surface area contributed by atoms with Gasteiger partial charge in [0.15, 0.2) is 0 Å². The Labute approximate surface area is 121 Å². The van der Waals surface area contributed by atoms with Crippen molar-refractivity contribution in [3.63, 3.8) is 0 Å². The highest BCUT2D eigenvalue weighted by molar-refractivity contribution is 5.96. The molecule has 0 aliphatic heterocycles. The number of H-pyrrole nitrogens is 2. The number of aromatic nitrogens is 3. The van der Waals surface area contributed by atoms with Gasteiger partial charge in [-0.15, -0.1) is 0 Å². The highest BCUT2D eigenvalue weighted by Crippen LogP contribution is 2.30. The minimum atomic E-state index is 0.843. The summed E-state index contributed by atoms with van der Waals surface area (Å²) in [4.78, 5) is 11.4. The first kappa shape index (κ1) is 12.0. The summed E-state index contributed by atoms with van der Waals surface area (Å²) in [5.41, 5.74) is 5.38. The van der Waals surface area contributed by atoms with Crippen LogP contribution in [0.4, 0.5) is 0 Å². The van der Waals surface area contributed by atoms with Gasteiger partial charge in [-0.3, -0.25) is 0 Å². The Bertz CT molecular complexity index is 949. The van der Waals surface area contributed by atoms with Gasteiger partial charge < -0.3 is 14.7 Å². The zero-order valence-electron chi connectivity index (χ0n) is 11.9. The molecule has 0 radical (unpaired) electrons. The molecular weight excluding hydrogens is 262 g/mol. The molecule has 21 heavy (non-hydrogen) atoms. The molecule has 0 aliphatic rings. The molecule has 0 saturated carbocycles. The zero-order chi connectivity index (χ0) is 14.4. The summed E-state index contributed by atoms with van der Waals surface area (Å²) in [7, 11) is 1.68. The number of ether oxygens (including phenoxy) is 1. The SMILES string of the molecule is COc1ccc2[nH]cc(-c3nc4ccc(C)cc4[nH]3)c2c1. The van der Waals surface area contributed by atoms with E-state index in [0.717, 1.165) is 39.1 Å². The Morgan fingerprint density at radius 1 is 1.05 bits per heavy atom. The van der Waals surface area contributed by atoms with E-state index in [0.29, 0.717) is 0 Å². The van der Waals surface area contributed by atoms with Crippen LogP contribution < -0.4 is 4.74 Å². The number of nitrogens with zero attached hydrogens (tertiary/aromatic N) is 1. The summed E-state index contributed by atoms with van der Waals surface area (Å²) in [6.45, 7) is 2.08. The lowest BCUT2D eigenvalue weighted by atomic mass is 10.1. The molecule has 0 fully saturated rings. The number of benzene rings is 2. The second kappa shape index (κ2) is 4.38. The molecule has 4 heteroatoms. The highest BCUT2D eigenvalue weighted by atomic mass is 16.5. The van der Waals surface area contributed by atoms with Crippen molar-refractivity contribution < 1.29 is 4.74 Å². The molecule has 2 N–H and O–H groups in total. The van der Waals surface area contributed by atoms with Crippen molar-refractivity contribution in [2.45, 2.75) is 6.92 Å². The Morgan fingerprint density at radius 3 is 2.81 bits per heavy atom. The van der Waals surface area contributed by atoms with Crippen LogP contribution in [0.15, 0.2) is 42.6 Å². The summed E-state index contributed by atoms with van der Waals surface area (Å²) in [6.07, 6.45) is 1.98. The van der Waals surface area contributed by atoms with Crippen LogP contribution in [0.5, 0.6) is 5.75 Å². The highest BCUT2D eigenvalue weighted by Gasteiger charge is 2.11. The first-order valence-electron chi connectivity index (χ1n) is 6.86. The quantitative estimate of drug-likeness (QED) is 0.581. The number of rotatable bonds is 2. The lowest BCUT2D eigenvalue weighted by Crippen LogP contribution is -1.82. The maximum absolute atomic E-state index is 5.31. The second-order valence-corrected chi connectivity index (χ2v) is 5.22. The number of hydrogen-bond donors (Lipinski definition) is 2. The van der Waals surface area contributed by atoms with E-state index >= 15 is 0 Å². The number of aromatic amines is 2. The van der Waals surface area contributed by atoms with E-state index in [2.05, 4.69) is 34.0 Å². The molecule has 0 unspecified atom stereocenters. The molecule has 0 atom stereocenters. The van der Waals surface area contributed by atoms with Crippen molar-refractivity contribution in [3.8, 4) is 17.1 Å². The fourth-order valence-electron chi connectivity index (χ4n) is 2.67. The Kier molecular flexibility index (Phi) is 2.51. The minimum absolute atomic E-state index is 0.843. The smallest absolute Gasteiger partial charge is 0.140 e. The van der Waals surface area contributed by atoms with Crippen LogP contribution in [0.3, 0.4) is 0 Å². The van der Waals surface area contributed by atoms with Crippen LogP contribution in [0.25, 0.3) is 33.3 Å². The van der Waals surface area contributed by atoms with Crippen LogP contribution in [-0.4, -0.2) is 22.1 Å². The predicted octanol–water partition coefficient (Wildman–Crippen LogP) is 4.03. The molecule has 4 rings (SSSR count). The van der Waals surface area contributed by atoms with E-state index < -0.39 is 0 Å². The van der Waals surface area contributed by atoms with Gasteiger partial charge in [0.2, 0.25) is 0 Å². The van der Waals surface area contributed by atoms with Gasteiger partial charge in [-0.2, -0.15) is 0 Å². The first-order valence-corrected chi connectivity index (χ1v) is 6.86. The number of imidazole rings is 1. The number of nitrogens with one attached hydrogen (secondary N) is 2. The second-order valence-electron chi connectivity index (χ2n) is 5.22. The molecule has 0 aliphatic carbocycles. The van der Waals surface area contributed by atoms with Crippen molar-refractivity contribution in [2.75, 3.05) is 7.11 Å². The largest absolute Gasteiger partial charge is 0.497 e. The normalized spacial score (nSPS) is 11.3. The molecule has 0 bridgehead atoms. The average molecular weight is 277 g/mol. The van der Waals surface area contributed by atoms with Gasteiger partial charge in [-0.25, -0.2) is 4.98 Å². The molecular formula is C17H15N3O. The maximum atomic E-state index is 5.31. The summed E-state index contributed by atoms with van der Waals surface area (Å²) in [6, 6.07) is 12.2. The lowest BCUT2D eigenvalue weighted by Gasteiger charge is -2.00. The third kappa shape index (κ3) is 1.88. The van der Waals surface area contributed by atoms with Gasteiger partial charge in [0.1, 0.15) is 11.6 Å². The van der Waals surface area contributed by atoms with E-state index in [4.69, 9.17) is 4.74 Å². The van der Waals surface area contributed by atoms with Crippen LogP contribution in [0.1, 0.15) is 5.56 Å². The number of methoxy groups -OCH3 is 1. The molecule has 0 amide bonds. The topological polar surface area (TPSA) is 53.7 Å². The van der Waals surface area contributed by atoms with Gasteiger partial charge in [-0.1, -0.05) is 6.07 Å². The Balaban J connectivity index is 1.94. The monoisotopic (exact) mass is 277 g/mol. The molecule has 2 heterocycles. The van der Waals surface area contributed by atoms with Crippen LogP contribution in [0, 0.1) is 6.92 Å². The van der Waals surface area contributed by atoms with E-state index in [1.54, 1.807) is 7.11 Å². The summed E-state index contributed by atoms with van der Waals surface area (Å²) in [5, 5.41) is 1.10. The molecule has 2 aromatic carbocycles. The zero-order valence-corrected chi connectivity index (χ0v) is 11.9. The molecule has 0 saturated heterocycles. The van der Waals surface area contributed by atoms with Crippen LogP contribution in [-0.2, 0) is 0 Å². The molecule has 104 valence electrons. The molecule has 4 nitrogen and oxygen atoms in total. The van der Waals surface area contributed by atoms with Gasteiger partial charge in [0, 0.05) is 22.7 Å².